The lowest BCUT2D eigenvalue weighted by Gasteiger charge is -2.31. The Bertz CT molecular complexity index is 838. The predicted molar refractivity (Wildman–Crippen MR) is 184 cm³/mol. The van der Waals surface area contributed by atoms with E-state index in [9.17, 15) is 4.79 Å². The summed E-state index contributed by atoms with van der Waals surface area (Å²) in [5.74, 6) is 0. The molecule has 41 heavy (non-hydrogen) atoms. The van der Waals surface area contributed by atoms with E-state index in [2.05, 4.69) is 73.1 Å². The molecule has 0 saturated carbocycles. The first kappa shape index (κ1) is 38.9. The van der Waals surface area contributed by atoms with E-state index in [0.29, 0.717) is 0 Å². The number of aryl methyl sites for hydroxylation is 1. The fourth-order valence-electron chi connectivity index (χ4n) is 4.99. The number of aldehydes is 1. The average Bonchev–Trinajstić information content (AvgIpc) is 3.00. The molecular formula is C36H60ClN3O. The Balaban J connectivity index is 0.00000205. The molecule has 0 radical (unpaired) electrons. The van der Waals surface area contributed by atoms with E-state index in [0.717, 1.165) is 75.3 Å². The van der Waals surface area contributed by atoms with Gasteiger partial charge in [0.2, 0.25) is 0 Å². The average molecular weight is 586 g/mol. The summed E-state index contributed by atoms with van der Waals surface area (Å²) in [4.78, 5) is 19.1. The summed E-state index contributed by atoms with van der Waals surface area (Å²) in [7, 11) is 0. The molecule has 0 atom stereocenters. The van der Waals surface area contributed by atoms with Crippen LogP contribution in [0.5, 0.6) is 0 Å². The number of piperidine rings is 1. The van der Waals surface area contributed by atoms with Gasteiger partial charge in [0.05, 0.1) is 0 Å². The first-order valence-corrected chi connectivity index (χ1v) is 16.4. The number of likely N-dealkylation sites (tertiary alicyclic amines) is 1. The molecule has 232 valence electrons. The van der Waals surface area contributed by atoms with Gasteiger partial charge in [-0.2, -0.15) is 0 Å². The predicted octanol–water partition coefficient (Wildman–Crippen LogP) is 8.99. The van der Waals surface area contributed by atoms with Crippen molar-refractivity contribution in [2.45, 2.75) is 98.3 Å². The quantitative estimate of drug-likeness (QED) is 0.0919. The van der Waals surface area contributed by atoms with Crippen molar-refractivity contribution in [2.24, 2.45) is 0 Å². The maximum atomic E-state index is 11.5. The molecule has 0 N–H and O–H groups in total. The van der Waals surface area contributed by atoms with Crippen molar-refractivity contribution in [1.82, 2.24) is 9.80 Å². The Morgan fingerprint density at radius 3 is 2.22 bits per heavy atom. The summed E-state index contributed by atoms with van der Waals surface area (Å²) in [6, 6.07) is 6.17. The highest BCUT2D eigenvalue weighted by Gasteiger charge is 2.15. The number of rotatable bonds is 19. The Labute approximate surface area is 259 Å². The van der Waals surface area contributed by atoms with Crippen LogP contribution in [-0.2, 0) is 6.42 Å². The number of unbranched alkanes of at least 4 members (excludes halogenated alkanes) is 3. The highest BCUT2D eigenvalue weighted by molar-refractivity contribution is 6.29. The molecule has 2 rings (SSSR count). The molecule has 4 nitrogen and oxygen atoms in total. The zero-order valence-electron chi connectivity index (χ0n) is 26.9. The van der Waals surface area contributed by atoms with E-state index < -0.39 is 0 Å². The zero-order valence-corrected chi connectivity index (χ0v) is 27.6. The van der Waals surface area contributed by atoms with Crippen molar-refractivity contribution in [3.63, 3.8) is 0 Å². The highest BCUT2D eigenvalue weighted by Crippen LogP contribution is 2.24. The standard InChI is InChI=1S/C29H46ClN3O.C5H12.C2H2/c1-4-6-12-28-14-13-27(25-34)24-29(28)33(20-7-5-2)23-22-32(21-15-26(3)30)19-11-18-31-16-9-8-10-17-31;1-3-5-4-2;1-2/h5,13-15,24-25H,2,4,6-12,16-23H2,1,3H3;3-5H2,1-2H3;1-2H/b26-15+;;. The van der Waals surface area contributed by atoms with Gasteiger partial charge in [-0.1, -0.05) is 88.8 Å². The van der Waals surface area contributed by atoms with Crippen LogP contribution in [0.3, 0.4) is 0 Å². The smallest absolute Gasteiger partial charge is 0.150 e. The van der Waals surface area contributed by atoms with Crippen LogP contribution in [0.4, 0.5) is 5.69 Å². The molecule has 0 amide bonds. The minimum atomic E-state index is 0.748. The number of carbonyl (C=O) groups is 1. The highest BCUT2D eigenvalue weighted by atomic mass is 35.5. The van der Waals surface area contributed by atoms with Gasteiger partial charge >= 0.3 is 0 Å². The van der Waals surface area contributed by atoms with E-state index in [1.807, 2.05) is 19.1 Å². The van der Waals surface area contributed by atoms with Gasteiger partial charge in [0.15, 0.2) is 0 Å². The lowest BCUT2D eigenvalue weighted by atomic mass is 10.0. The second kappa shape index (κ2) is 26.8. The van der Waals surface area contributed by atoms with Crippen LogP contribution in [0, 0.1) is 12.8 Å². The van der Waals surface area contributed by atoms with Gasteiger partial charge in [0, 0.05) is 42.5 Å². The van der Waals surface area contributed by atoms with Gasteiger partial charge in [0.25, 0.3) is 0 Å². The molecule has 1 fully saturated rings. The monoisotopic (exact) mass is 585 g/mol. The Hall–Kier alpha value is -2.06. The van der Waals surface area contributed by atoms with Crippen molar-refractivity contribution >= 4 is 23.6 Å². The van der Waals surface area contributed by atoms with Crippen LogP contribution in [-0.4, -0.2) is 68.4 Å². The fourth-order valence-corrected chi connectivity index (χ4v) is 5.06. The van der Waals surface area contributed by atoms with Crippen LogP contribution in [0.2, 0.25) is 0 Å². The van der Waals surface area contributed by atoms with Crippen LogP contribution in [0.25, 0.3) is 0 Å². The number of terminal acetylenes is 1. The van der Waals surface area contributed by atoms with E-state index in [1.54, 1.807) is 0 Å². The third-order valence-corrected chi connectivity index (χ3v) is 7.56. The Morgan fingerprint density at radius 2 is 1.66 bits per heavy atom. The molecule has 5 heteroatoms. The first-order chi connectivity index (χ1) is 20.0. The molecule has 0 spiro atoms. The summed E-state index contributed by atoms with van der Waals surface area (Å²) in [6.45, 7) is 21.0. The normalized spacial score (nSPS) is 13.5. The zero-order chi connectivity index (χ0) is 30.7. The van der Waals surface area contributed by atoms with Gasteiger partial charge in [-0.15, -0.1) is 19.4 Å². The SMILES string of the molecule is C#C.C=CCCN(CCN(C/C=C(\C)Cl)CCCN1CCCCC1)c1cc(C=O)ccc1CCCC.CCCCC. The molecule has 1 saturated heterocycles. The molecule has 0 bridgehead atoms. The Morgan fingerprint density at radius 1 is 0.976 bits per heavy atom. The lowest BCUT2D eigenvalue weighted by molar-refractivity contribution is 0.112. The number of benzene rings is 1. The second-order valence-electron chi connectivity index (χ2n) is 10.9. The third-order valence-electron chi connectivity index (χ3n) is 7.41. The van der Waals surface area contributed by atoms with Crippen LogP contribution in [0.1, 0.15) is 108 Å². The molecule has 1 aliphatic heterocycles. The van der Waals surface area contributed by atoms with Gasteiger partial charge in [-0.05, 0) is 83.3 Å². The van der Waals surface area contributed by atoms with Crippen molar-refractivity contribution in [1.29, 1.82) is 0 Å². The summed E-state index contributed by atoms with van der Waals surface area (Å²) in [6.07, 6.45) is 26.7. The Kier molecular flexibility index (Phi) is 25.5. The molecule has 1 heterocycles. The summed E-state index contributed by atoms with van der Waals surface area (Å²) >= 11 is 6.18. The van der Waals surface area contributed by atoms with Gasteiger partial charge in [0.1, 0.15) is 6.29 Å². The second-order valence-corrected chi connectivity index (χ2v) is 11.5. The van der Waals surface area contributed by atoms with E-state index >= 15 is 0 Å². The van der Waals surface area contributed by atoms with Gasteiger partial charge in [-0.3, -0.25) is 9.69 Å². The molecule has 1 aromatic rings. The number of carbonyl (C=O) groups excluding carboxylic acids is 1. The maximum Gasteiger partial charge on any atom is 0.150 e. The number of halogens is 1. The van der Waals surface area contributed by atoms with Crippen molar-refractivity contribution in [3.05, 3.63) is 53.1 Å². The minimum Gasteiger partial charge on any atom is -0.370 e. The summed E-state index contributed by atoms with van der Waals surface area (Å²) in [5, 5.41) is 0.852. The third kappa shape index (κ3) is 18.9. The summed E-state index contributed by atoms with van der Waals surface area (Å²) < 4.78 is 0. The largest absolute Gasteiger partial charge is 0.370 e. The van der Waals surface area contributed by atoms with Crippen molar-refractivity contribution < 1.29 is 4.79 Å². The fraction of sp³-hybridized carbons (Fsp3) is 0.639. The van der Waals surface area contributed by atoms with Crippen molar-refractivity contribution in [2.75, 3.05) is 57.3 Å². The summed E-state index contributed by atoms with van der Waals surface area (Å²) in [5.41, 5.74) is 3.29. The molecule has 0 aromatic heterocycles. The number of allylic oxidation sites excluding steroid dienone is 1. The van der Waals surface area contributed by atoms with E-state index in [-0.39, 0.29) is 0 Å². The van der Waals surface area contributed by atoms with E-state index in [4.69, 9.17) is 11.6 Å². The number of hydrogen-bond donors (Lipinski definition) is 0. The first-order valence-electron chi connectivity index (χ1n) is 16.0. The number of anilines is 1. The van der Waals surface area contributed by atoms with Gasteiger partial charge < -0.3 is 9.80 Å². The molecule has 1 aliphatic rings. The maximum absolute atomic E-state index is 11.5. The topological polar surface area (TPSA) is 26.8 Å². The van der Waals surface area contributed by atoms with E-state index in [1.165, 1.54) is 75.8 Å². The minimum absolute atomic E-state index is 0.748. The molecular weight excluding hydrogens is 526 g/mol. The lowest BCUT2D eigenvalue weighted by Crippen LogP contribution is -2.38. The molecule has 0 unspecified atom stereocenters. The number of hydrogen-bond acceptors (Lipinski definition) is 4. The molecule has 1 aromatic carbocycles. The van der Waals surface area contributed by atoms with Crippen LogP contribution >= 0.6 is 11.6 Å². The molecule has 0 aliphatic carbocycles. The number of nitrogens with zero attached hydrogens (tertiary/aromatic N) is 3. The van der Waals surface area contributed by atoms with Crippen molar-refractivity contribution in [3.8, 4) is 12.8 Å². The van der Waals surface area contributed by atoms with Gasteiger partial charge in [-0.25, -0.2) is 0 Å². The van der Waals surface area contributed by atoms with Crippen LogP contribution < -0.4 is 4.90 Å². The van der Waals surface area contributed by atoms with Crippen LogP contribution in [0.15, 0.2) is 42.0 Å².